The van der Waals surface area contributed by atoms with Crippen molar-refractivity contribution in [3.63, 3.8) is 0 Å². The standard InChI is InChI=1S/C10H7N3OS/c14-9-6-3-1-2-4-7(6)12-8-10(13-9)15-5-11-8/h1-5,12H,(H,13,14). The van der Waals surface area contributed by atoms with Crippen LogP contribution >= 0.6 is 11.3 Å². The Hall–Kier alpha value is -1.88. The SMILES string of the molecule is O=C1Nc2scnc2Nc2ccccc21. The van der Waals surface area contributed by atoms with Crippen molar-refractivity contribution in [1.29, 1.82) is 0 Å². The molecule has 5 heteroatoms. The van der Waals surface area contributed by atoms with E-state index in [9.17, 15) is 4.79 Å². The minimum absolute atomic E-state index is 0.0962. The van der Waals surface area contributed by atoms with Crippen LogP contribution in [0, 0.1) is 0 Å². The maximum Gasteiger partial charge on any atom is 0.258 e. The molecule has 0 saturated carbocycles. The van der Waals surface area contributed by atoms with Crippen LogP contribution < -0.4 is 10.6 Å². The number of carbonyl (C=O) groups excluding carboxylic acids is 1. The molecule has 0 unspecified atom stereocenters. The van der Waals surface area contributed by atoms with Gasteiger partial charge in [-0.1, -0.05) is 12.1 Å². The summed E-state index contributed by atoms with van der Waals surface area (Å²) in [6.07, 6.45) is 0. The predicted octanol–water partition coefficient (Wildman–Crippen LogP) is 2.45. The van der Waals surface area contributed by atoms with Crippen LogP contribution in [-0.4, -0.2) is 10.9 Å². The monoisotopic (exact) mass is 217 g/mol. The van der Waals surface area contributed by atoms with Gasteiger partial charge < -0.3 is 10.6 Å². The van der Waals surface area contributed by atoms with Crippen molar-refractivity contribution >= 4 is 33.8 Å². The maximum absolute atomic E-state index is 11.8. The molecule has 0 fully saturated rings. The van der Waals surface area contributed by atoms with E-state index in [1.54, 1.807) is 11.6 Å². The number of fused-ring (bicyclic) bond motifs is 2. The molecule has 1 aromatic heterocycles. The second kappa shape index (κ2) is 3.06. The number of hydrogen-bond acceptors (Lipinski definition) is 4. The highest BCUT2D eigenvalue weighted by Gasteiger charge is 2.19. The highest BCUT2D eigenvalue weighted by atomic mass is 32.1. The molecule has 2 aromatic rings. The van der Waals surface area contributed by atoms with Crippen LogP contribution in [0.25, 0.3) is 0 Å². The molecule has 0 atom stereocenters. The first kappa shape index (κ1) is 8.43. The summed E-state index contributed by atoms with van der Waals surface area (Å²) >= 11 is 1.41. The average Bonchev–Trinajstić information content (AvgIpc) is 2.61. The lowest BCUT2D eigenvalue weighted by Crippen LogP contribution is -2.09. The number of para-hydroxylation sites is 1. The molecule has 15 heavy (non-hydrogen) atoms. The van der Waals surface area contributed by atoms with E-state index < -0.39 is 0 Å². The summed E-state index contributed by atoms with van der Waals surface area (Å²) in [6.45, 7) is 0. The van der Waals surface area contributed by atoms with E-state index in [1.165, 1.54) is 11.3 Å². The molecule has 0 bridgehead atoms. The predicted molar refractivity (Wildman–Crippen MR) is 59.8 cm³/mol. The fourth-order valence-corrected chi connectivity index (χ4v) is 2.14. The largest absolute Gasteiger partial charge is 0.337 e. The van der Waals surface area contributed by atoms with Gasteiger partial charge in [-0.3, -0.25) is 4.79 Å². The van der Waals surface area contributed by atoms with Gasteiger partial charge >= 0.3 is 0 Å². The summed E-state index contributed by atoms with van der Waals surface area (Å²) in [4.78, 5) is 15.9. The van der Waals surface area contributed by atoms with Crippen LogP contribution in [0.2, 0.25) is 0 Å². The highest BCUT2D eigenvalue weighted by Crippen LogP contribution is 2.33. The van der Waals surface area contributed by atoms with E-state index in [1.807, 2.05) is 18.2 Å². The fourth-order valence-electron chi connectivity index (χ4n) is 1.51. The second-order valence-corrected chi connectivity index (χ2v) is 4.01. The third-order valence-electron chi connectivity index (χ3n) is 2.22. The molecular weight excluding hydrogens is 210 g/mol. The Kier molecular flexibility index (Phi) is 1.72. The molecule has 1 amide bonds. The number of carbonyl (C=O) groups is 1. The first-order valence-corrected chi connectivity index (χ1v) is 5.33. The molecule has 0 radical (unpaired) electrons. The van der Waals surface area contributed by atoms with Gasteiger partial charge in [-0.15, -0.1) is 11.3 Å². The fraction of sp³-hybridized carbons (Fsp3) is 0. The molecule has 2 heterocycles. The number of nitrogens with zero attached hydrogens (tertiary/aromatic N) is 1. The lowest BCUT2D eigenvalue weighted by atomic mass is 10.1. The van der Waals surface area contributed by atoms with E-state index in [0.717, 1.165) is 10.7 Å². The zero-order valence-electron chi connectivity index (χ0n) is 7.65. The number of benzene rings is 1. The lowest BCUT2D eigenvalue weighted by Gasteiger charge is -2.03. The van der Waals surface area contributed by atoms with Crippen LogP contribution in [0.15, 0.2) is 29.8 Å². The molecule has 0 spiro atoms. The number of hydrogen-bond donors (Lipinski definition) is 2. The molecule has 1 aromatic carbocycles. The van der Waals surface area contributed by atoms with Gasteiger partial charge in [0.25, 0.3) is 5.91 Å². The van der Waals surface area contributed by atoms with Gasteiger partial charge in [-0.05, 0) is 12.1 Å². The number of rotatable bonds is 0. The third-order valence-corrected chi connectivity index (χ3v) is 2.96. The summed E-state index contributed by atoms with van der Waals surface area (Å²) in [6, 6.07) is 7.38. The number of anilines is 3. The molecule has 2 N–H and O–H groups in total. The quantitative estimate of drug-likeness (QED) is 0.712. The van der Waals surface area contributed by atoms with Gasteiger partial charge in [0, 0.05) is 0 Å². The Balaban J connectivity index is 2.19. The van der Waals surface area contributed by atoms with Gasteiger partial charge in [-0.2, -0.15) is 0 Å². The van der Waals surface area contributed by atoms with Crippen molar-refractivity contribution in [2.45, 2.75) is 0 Å². The van der Waals surface area contributed by atoms with Crippen LogP contribution in [0.3, 0.4) is 0 Å². The summed E-state index contributed by atoms with van der Waals surface area (Å²) < 4.78 is 0. The first-order chi connectivity index (χ1) is 7.34. The lowest BCUT2D eigenvalue weighted by molar-refractivity contribution is 0.102. The topological polar surface area (TPSA) is 54.0 Å². The third kappa shape index (κ3) is 1.28. The van der Waals surface area contributed by atoms with Gasteiger partial charge in [0.2, 0.25) is 0 Å². The Labute approximate surface area is 90.0 Å². The minimum Gasteiger partial charge on any atom is -0.337 e. The van der Waals surface area contributed by atoms with Crippen molar-refractivity contribution in [3.05, 3.63) is 35.3 Å². The van der Waals surface area contributed by atoms with Gasteiger partial charge in [-0.25, -0.2) is 4.98 Å². The zero-order valence-corrected chi connectivity index (χ0v) is 8.47. The van der Waals surface area contributed by atoms with Gasteiger partial charge in [0.15, 0.2) is 5.82 Å². The molecule has 4 nitrogen and oxygen atoms in total. The first-order valence-electron chi connectivity index (χ1n) is 4.45. The molecule has 3 rings (SSSR count). The average molecular weight is 217 g/mol. The highest BCUT2D eigenvalue weighted by molar-refractivity contribution is 7.14. The van der Waals surface area contributed by atoms with E-state index >= 15 is 0 Å². The smallest absolute Gasteiger partial charge is 0.258 e. The summed E-state index contributed by atoms with van der Waals surface area (Å²) in [5.41, 5.74) is 3.13. The van der Waals surface area contributed by atoms with Gasteiger partial charge in [0.1, 0.15) is 5.00 Å². The Morgan fingerprint density at radius 3 is 3.00 bits per heavy atom. The maximum atomic E-state index is 11.8. The van der Waals surface area contributed by atoms with Crippen molar-refractivity contribution < 1.29 is 4.79 Å². The number of amides is 1. The summed E-state index contributed by atoms with van der Waals surface area (Å²) in [7, 11) is 0. The summed E-state index contributed by atoms with van der Waals surface area (Å²) in [5, 5.41) is 6.70. The van der Waals surface area contributed by atoms with Crippen molar-refractivity contribution in [1.82, 2.24) is 4.98 Å². The number of aromatic nitrogens is 1. The van der Waals surface area contributed by atoms with Crippen LogP contribution in [0.4, 0.5) is 16.5 Å². The van der Waals surface area contributed by atoms with Crippen LogP contribution in [-0.2, 0) is 0 Å². The van der Waals surface area contributed by atoms with Crippen molar-refractivity contribution in [3.8, 4) is 0 Å². The van der Waals surface area contributed by atoms with E-state index in [-0.39, 0.29) is 5.91 Å². The summed E-state index contributed by atoms with van der Waals surface area (Å²) in [5.74, 6) is 0.611. The van der Waals surface area contributed by atoms with E-state index in [2.05, 4.69) is 15.6 Å². The van der Waals surface area contributed by atoms with Crippen molar-refractivity contribution in [2.24, 2.45) is 0 Å². The molecule has 74 valence electrons. The Morgan fingerprint density at radius 2 is 2.07 bits per heavy atom. The molecule has 1 aliphatic rings. The van der Waals surface area contributed by atoms with Crippen LogP contribution in [0.1, 0.15) is 10.4 Å². The molecule has 0 saturated heterocycles. The second-order valence-electron chi connectivity index (χ2n) is 3.15. The Morgan fingerprint density at radius 1 is 1.20 bits per heavy atom. The van der Waals surface area contributed by atoms with Crippen LogP contribution in [0.5, 0.6) is 0 Å². The van der Waals surface area contributed by atoms with E-state index in [4.69, 9.17) is 0 Å². The van der Waals surface area contributed by atoms with Crippen molar-refractivity contribution in [2.75, 3.05) is 10.6 Å². The minimum atomic E-state index is -0.0962. The normalized spacial score (nSPS) is 13.2. The molecular formula is C10H7N3OS. The number of thiazole rings is 1. The zero-order chi connectivity index (χ0) is 10.3. The molecule has 0 aliphatic carbocycles. The Bertz CT molecular complexity index is 535. The molecule has 1 aliphatic heterocycles. The van der Waals surface area contributed by atoms with E-state index in [0.29, 0.717) is 11.4 Å². The van der Waals surface area contributed by atoms with Gasteiger partial charge in [0.05, 0.1) is 16.8 Å². The number of nitrogens with one attached hydrogen (secondary N) is 2.